The van der Waals surface area contributed by atoms with E-state index >= 15 is 0 Å². The molecule has 4 rings (SSSR count). The van der Waals surface area contributed by atoms with Crippen LogP contribution in [0.2, 0.25) is 0 Å². The van der Waals surface area contributed by atoms with Gasteiger partial charge in [0.25, 0.3) is 5.56 Å². The van der Waals surface area contributed by atoms with Crippen molar-refractivity contribution in [2.45, 2.75) is 58.8 Å². The summed E-state index contributed by atoms with van der Waals surface area (Å²) in [4.78, 5) is 32.7. The highest BCUT2D eigenvalue weighted by Gasteiger charge is 2.27. The van der Waals surface area contributed by atoms with Crippen molar-refractivity contribution in [2.75, 3.05) is 24.5 Å². The van der Waals surface area contributed by atoms with E-state index in [4.69, 9.17) is 4.98 Å². The average Bonchev–Trinajstić information content (AvgIpc) is 3.12. The molecule has 1 fully saturated rings. The molecule has 2 aromatic heterocycles. The van der Waals surface area contributed by atoms with Crippen molar-refractivity contribution in [3.63, 3.8) is 0 Å². The number of carbonyl (C=O) groups is 1. The van der Waals surface area contributed by atoms with Crippen molar-refractivity contribution in [1.82, 2.24) is 19.9 Å². The Balaban J connectivity index is 1.42. The van der Waals surface area contributed by atoms with Crippen LogP contribution in [0, 0.1) is 11.8 Å². The van der Waals surface area contributed by atoms with E-state index in [0.717, 1.165) is 81.0 Å². The molecule has 8 heteroatoms. The molecule has 2 aromatic rings. The van der Waals surface area contributed by atoms with Gasteiger partial charge in [-0.15, -0.1) is 5.10 Å². The van der Waals surface area contributed by atoms with Crippen molar-refractivity contribution in [1.29, 1.82) is 0 Å². The molecule has 1 amide bonds. The summed E-state index contributed by atoms with van der Waals surface area (Å²) in [6.07, 6.45) is 6.53. The predicted octanol–water partition coefficient (Wildman–Crippen LogP) is 2.41. The first-order valence-corrected chi connectivity index (χ1v) is 11.3. The standard InChI is InChI=1S/C20H29N5O2S/c1-13(2)7-10-21-17(26)14-8-11-24(12-9-14)20-23-25-18(27)15-5-3-4-6-16(15)22-19(25)28-20/h13-14H,3-12H2,1-2H3,(H,21,26). The molecular formula is C20H29N5O2S. The number of hydrogen-bond donors (Lipinski definition) is 1. The van der Waals surface area contributed by atoms with Crippen molar-refractivity contribution in [2.24, 2.45) is 11.8 Å². The third-order valence-corrected chi connectivity index (χ3v) is 6.80. The zero-order valence-electron chi connectivity index (χ0n) is 16.7. The lowest BCUT2D eigenvalue weighted by Gasteiger charge is -2.30. The van der Waals surface area contributed by atoms with Crippen LogP contribution in [-0.4, -0.2) is 40.1 Å². The molecule has 152 valence electrons. The topological polar surface area (TPSA) is 79.6 Å². The molecular weight excluding hydrogens is 374 g/mol. The van der Waals surface area contributed by atoms with Crippen molar-refractivity contribution < 1.29 is 4.79 Å². The van der Waals surface area contributed by atoms with Gasteiger partial charge in [0.1, 0.15) is 0 Å². The number of anilines is 1. The fourth-order valence-corrected chi connectivity index (χ4v) is 5.02. The number of nitrogens with zero attached hydrogens (tertiary/aromatic N) is 4. The van der Waals surface area contributed by atoms with Crippen LogP contribution in [0.1, 0.15) is 57.2 Å². The van der Waals surface area contributed by atoms with E-state index in [1.165, 1.54) is 15.9 Å². The maximum atomic E-state index is 12.8. The molecule has 0 bridgehead atoms. The highest BCUT2D eigenvalue weighted by atomic mass is 32.1. The number of fused-ring (bicyclic) bond motifs is 2. The number of piperidine rings is 1. The highest BCUT2D eigenvalue weighted by Crippen LogP contribution is 2.28. The second-order valence-corrected chi connectivity index (χ2v) is 9.30. The summed E-state index contributed by atoms with van der Waals surface area (Å²) in [6.45, 7) is 6.67. The molecule has 28 heavy (non-hydrogen) atoms. The number of carbonyl (C=O) groups excluding carboxylic acids is 1. The molecule has 0 saturated carbocycles. The minimum atomic E-state index is 0.00150. The summed E-state index contributed by atoms with van der Waals surface area (Å²) in [5.74, 6) is 0.852. The van der Waals surface area contributed by atoms with Crippen LogP contribution in [0.15, 0.2) is 4.79 Å². The Morgan fingerprint density at radius 2 is 2.00 bits per heavy atom. The molecule has 1 saturated heterocycles. The average molecular weight is 404 g/mol. The summed E-state index contributed by atoms with van der Waals surface area (Å²) >= 11 is 1.48. The molecule has 0 aromatic carbocycles. The monoisotopic (exact) mass is 403 g/mol. The van der Waals surface area contributed by atoms with Crippen LogP contribution >= 0.6 is 11.3 Å². The van der Waals surface area contributed by atoms with Crippen LogP contribution in [-0.2, 0) is 17.6 Å². The van der Waals surface area contributed by atoms with Crippen LogP contribution in [0.3, 0.4) is 0 Å². The number of nitrogens with one attached hydrogen (secondary N) is 1. The van der Waals surface area contributed by atoms with Gasteiger partial charge in [-0.05, 0) is 50.9 Å². The van der Waals surface area contributed by atoms with E-state index in [-0.39, 0.29) is 17.4 Å². The molecule has 1 aliphatic carbocycles. The second-order valence-electron chi connectivity index (χ2n) is 8.36. The number of rotatable bonds is 5. The SMILES string of the molecule is CC(C)CCNC(=O)C1CCN(c2nn3c(=O)c4c(nc3s2)CCCC4)CC1. The van der Waals surface area contributed by atoms with Crippen LogP contribution < -0.4 is 15.8 Å². The van der Waals surface area contributed by atoms with Gasteiger partial charge in [-0.2, -0.15) is 4.52 Å². The molecule has 0 atom stereocenters. The normalized spacial score (nSPS) is 17.9. The third kappa shape index (κ3) is 3.92. The Morgan fingerprint density at radius 1 is 1.25 bits per heavy atom. The quantitative estimate of drug-likeness (QED) is 0.829. The van der Waals surface area contributed by atoms with Crippen molar-refractivity contribution in [3.8, 4) is 0 Å². The molecule has 1 aliphatic heterocycles. The first-order chi connectivity index (χ1) is 13.5. The molecule has 0 radical (unpaired) electrons. The van der Waals surface area contributed by atoms with E-state index in [0.29, 0.717) is 10.9 Å². The lowest BCUT2D eigenvalue weighted by atomic mass is 9.96. The van der Waals surface area contributed by atoms with E-state index in [1.54, 1.807) is 0 Å². The van der Waals surface area contributed by atoms with Gasteiger partial charge in [-0.25, -0.2) is 4.98 Å². The predicted molar refractivity (Wildman–Crippen MR) is 111 cm³/mol. The fourth-order valence-electron chi connectivity index (χ4n) is 4.05. The zero-order chi connectivity index (χ0) is 19.7. The van der Waals surface area contributed by atoms with Crippen molar-refractivity contribution >= 4 is 27.3 Å². The number of aromatic nitrogens is 3. The summed E-state index contributed by atoms with van der Waals surface area (Å²) in [5, 5.41) is 8.48. The van der Waals surface area contributed by atoms with Crippen LogP contribution in [0.4, 0.5) is 5.13 Å². The van der Waals surface area contributed by atoms with Gasteiger partial charge >= 0.3 is 0 Å². The van der Waals surface area contributed by atoms with Gasteiger partial charge in [-0.1, -0.05) is 25.2 Å². The number of aryl methyl sites for hydroxylation is 1. The lowest BCUT2D eigenvalue weighted by Crippen LogP contribution is -2.41. The van der Waals surface area contributed by atoms with E-state index in [2.05, 4.69) is 29.2 Å². The Labute approximate surface area is 169 Å². The molecule has 2 aliphatic rings. The maximum Gasteiger partial charge on any atom is 0.278 e. The van der Waals surface area contributed by atoms with E-state index in [1.807, 2.05) is 0 Å². The number of amides is 1. The van der Waals surface area contributed by atoms with Crippen LogP contribution in [0.25, 0.3) is 4.96 Å². The summed E-state index contributed by atoms with van der Waals surface area (Å²) < 4.78 is 1.48. The van der Waals surface area contributed by atoms with Crippen molar-refractivity contribution in [3.05, 3.63) is 21.6 Å². The maximum absolute atomic E-state index is 12.8. The van der Waals surface area contributed by atoms with Gasteiger partial charge in [0.05, 0.1) is 5.69 Å². The number of hydrogen-bond acceptors (Lipinski definition) is 6. The molecule has 0 spiro atoms. The summed E-state index contributed by atoms with van der Waals surface area (Å²) in [5.41, 5.74) is 1.81. The minimum Gasteiger partial charge on any atom is -0.356 e. The highest BCUT2D eigenvalue weighted by molar-refractivity contribution is 7.20. The molecule has 0 unspecified atom stereocenters. The van der Waals surface area contributed by atoms with Gasteiger partial charge in [0, 0.05) is 31.1 Å². The largest absolute Gasteiger partial charge is 0.356 e. The second kappa shape index (κ2) is 8.19. The Bertz CT molecular complexity index is 911. The van der Waals surface area contributed by atoms with Crippen LogP contribution in [0.5, 0.6) is 0 Å². The summed E-state index contributed by atoms with van der Waals surface area (Å²) in [7, 11) is 0. The van der Waals surface area contributed by atoms with Gasteiger partial charge in [-0.3, -0.25) is 9.59 Å². The molecule has 1 N–H and O–H groups in total. The lowest BCUT2D eigenvalue weighted by molar-refractivity contribution is -0.125. The smallest absolute Gasteiger partial charge is 0.278 e. The van der Waals surface area contributed by atoms with Gasteiger partial charge in [0.15, 0.2) is 0 Å². The first-order valence-electron chi connectivity index (χ1n) is 10.5. The van der Waals surface area contributed by atoms with Gasteiger partial charge in [0.2, 0.25) is 16.0 Å². The first kappa shape index (κ1) is 19.4. The Hall–Kier alpha value is -1.96. The fraction of sp³-hybridized carbons (Fsp3) is 0.700. The van der Waals surface area contributed by atoms with E-state index in [9.17, 15) is 9.59 Å². The third-order valence-electron chi connectivity index (χ3n) is 5.83. The van der Waals surface area contributed by atoms with E-state index < -0.39 is 0 Å². The minimum absolute atomic E-state index is 0.00150. The Kier molecular flexibility index (Phi) is 5.66. The van der Waals surface area contributed by atoms with Gasteiger partial charge < -0.3 is 10.2 Å². The summed E-state index contributed by atoms with van der Waals surface area (Å²) in [6, 6.07) is 0. The molecule has 3 heterocycles. The Morgan fingerprint density at radius 3 is 2.75 bits per heavy atom. The molecule has 7 nitrogen and oxygen atoms in total. The zero-order valence-corrected chi connectivity index (χ0v) is 17.6.